The minimum Gasteiger partial charge on any atom is -0.507 e. The predicted octanol–water partition coefficient (Wildman–Crippen LogP) is -1.09. The molecule has 8 N–H and O–H groups in total. The van der Waals surface area contributed by atoms with Gasteiger partial charge in [0.2, 0.25) is 6.29 Å². The number of ether oxygens (including phenoxy) is 5. The van der Waals surface area contributed by atoms with Gasteiger partial charge in [0, 0.05) is 23.8 Å². The fourth-order valence-corrected chi connectivity index (χ4v) is 4.92. The zero-order chi connectivity index (χ0) is 31.2. The van der Waals surface area contributed by atoms with E-state index in [1.54, 1.807) is 6.07 Å². The smallest absolute Gasteiger partial charge is 0.229 e. The van der Waals surface area contributed by atoms with E-state index in [2.05, 4.69) is 0 Å². The van der Waals surface area contributed by atoms with E-state index in [-0.39, 0.29) is 34.0 Å². The molecular formula is C28H32O15. The molecule has 0 radical (unpaired) electrons. The molecule has 2 aromatic carbocycles. The highest BCUT2D eigenvalue weighted by atomic mass is 16.7. The second-order valence-electron chi connectivity index (χ2n) is 10.3. The number of methoxy groups -OCH3 is 1. The summed E-state index contributed by atoms with van der Waals surface area (Å²) in [5.74, 6) is -0.605. The molecule has 2 aliphatic heterocycles. The Morgan fingerprint density at radius 2 is 1.49 bits per heavy atom. The van der Waals surface area contributed by atoms with Gasteiger partial charge >= 0.3 is 0 Å². The maximum absolute atomic E-state index is 12.8. The minimum atomic E-state index is -1.78. The molecule has 234 valence electrons. The van der Waals surface area contributed by atoms with Gasteiger partial charge in [0.15, 0.2) is 23.2 Å². The molecule has 0 amide bonds. The van der Waals surface area contributed by atoms with Crippen molar-refractivity contribution < 1.29 is 69.0 Å². The van der Waals surface area contributed by atoms with Crippen LogP contribution in [0.25, 0.3) is 22.3 Å². The van der Waals surface area contributed by atoms with E-state index in [0.717, 1.165) is 12.1 Å². The topological polar surface area (TPSA) is 238 Å². The van der Waals surface area contributed by atoms with Crippen molar-refractivity contribution in [3.05, 3.63) is 46.6 Å². The molecule has 0 unspecified atom stereocenters. The molecule has 10 atom stereocenters. The molecule has 1 aromatic heterocycles. The van der Waals surface area contributed by atoms with E-state index in [9.17, 15) is 45.6 Å². The number of hydrogen-bond acceptors (Lipinski definition) is 15. The summed E-state index contributed by atoms with van der Waals surface area (Å²) in [6.45, 7) is 0.953. The summed E-state index contributed by atoms with van der Waals surface area (Å²) in [6, 6.07) is 7.78. The third-order valence-electron chi connectivity index (χ3n) is 7.40. The standard InChI is InChI=1S/C28H32O15/c1-10-21(32)23(34)25(36)27(40-10)39-9-19-22(33)24(35)26(37)28(43-19)41-12-6-14(30)20-15(31)8-17(42-18(20)7-12)11-3-4-16(38-2)13(29)5-11/h3-8,10,19,21-30,32-37H,9H2,1-2H3/t10-,19-,21-,22-,23-,24-,25+,26-,27-,28+/m1/s1. The summed E-state index contributed by atoms with van der Waals surface area (Å²) < 4.78 is 32.9. The number of phenols is 2. The lowest BCUT2D eigenvalue weighted by Crippen LogP contribution is -2.61. The first-order valence-corrected chi connectivity index (χ1v) is 13.3. The lowest BCUT2D eigenvalue weighted by atomic mass is 9.98. The molecule has 2 fully saturated rings. The van der Waals surface area contributed by atoms with Crippen LogP contribution in [-0.2, 0) is 14.2 Å². The Balaban J connectivity index is 1.36. The molecule has 0 spiro atoms. The number of benzene rings is 2. The van der Waals surface area contributed by atoms with Crippen LogP contribution in [0, 0.1) is 0 Å². The Morgan fingerprint density at radius 1 is 0.791 bits per heavy atom. The second kappa shape index (κ2) is 12.2. The lowest BCUT2D eigenvalue weighted by molar-refractivity contribution is -0.318. The van der Waals surface area contributed by atoms with Crippen LogP contribution < -0.4 is 14.9 Å². The largest absolute Gasteiger partial charge is 0.507 e. The fraction of sp³-hybridized carbons (Fsp3) is 0.464. The van der Waals surface area contributed by atoms with Gasteiger partial charge in [-0.25, -0.2) is 0 Å². The normalized spacial score (nSPS) is 32.9. The minimum absolute atomic E-state index is 0.0517. The lowest BCUT2D eigenvalue weighted by Gasteiger charge is -2.42. The number of hydrogen-bond donors (Lipinski definition) is 8. The third-order valence-corrected chi connectivity index (χ3v) is 7.40. The van der Waals surface area contributed by atoms with Crippen molar-refractivity contribution in [2.24, 2.45) is 0 Å². The quantitative estimate of drug-likeness (QED) is 0.159. The van der Waals surface area contributed by atoms with Gasteiger partial charge in [-0.15, -0.1) is 0 Å². The fourth-order valence-electron chi connectivity index (χ4n) is 4.92. The first-order valence-electron chi connectivity index (χ1n) is 13.3. The number of aliphatic hydroxyl groups is 6. The maximum atomic E-state index is 12.8. The molecule has 3 heterocycles. The molecule has 43 heavy (non-hydrogen) atoms. The zero-order valence-corrected chi connectivity index (χ0v) is 22.9. The van der Waals surface area contributed by atoms with Crippen LogP contribution in [0.1, 0.15) is 6.92 Å². The average Bonchev–Trinajstić information content (AvgIpc) is 2.97. The SMILES string of the molecule is COc1ccc(-c2cc(=O)c3c(O)cc(O[C@H]4O[C@H](CO[C@@H]5O[C@H](C)[C@@H](O)[C@@H](O)[C@@H]5O)[C@@H](O)[C@@H](O)[C@H]4O)cc3o2)cc1O. The molecule has 15 nitrogen and oxygen atoms in total. The van der Waals surface area contributed by atoms with Crippen molar-refractivity contribution in [2.45, 2.75) is 68.3 Å². The molecule has 0 saturated carbocycles. The number of aromatic hydroxyl groups is 2. The van der Waals surface area contributed by atoms with Crippen molar-refractivity contribution in [1.82, 2.24) is 0 Å². The Morgan fingerprint density at radius 3 is 2.19 bits per heavy atom. The van der Waals surface area contributed by atoms with Crippen LogP contribution in [0.4, 0.5) is 0 Å². The highest BCUT2D eigenvalue weighted by Crippen LogP contribution is 2.35. The van der Waals surface area contributed by atoms with E-state index >= 15 is 0 Å². The Kier molecular flexibility index (Phi) is 8.80. The van der Waals surface area contributed by atoms with Crippen LogP contribution in [0.15, 0.2) is 45.6 Å². The van der Waals surface area contributed by atoms with E-state index in [1.807, 2.05) is 0 Å². The van der Waals surface area contributed by atoms with Crippen molar-refractivity contribution in [3.8, 4) is 34.3 Å². The summed E-state index contributed by atoms with van der Waals surface area (Å²) >= 11 is 0. The van der Waals surface area contributed by atoms with Crippen LogP contribution in [0.3, 0.4) is 0 Å². The van der Waals surface area contributed by atoms with Gasteiger partial charge in [-0.1, -0.05) is 0 Å². The molecular weight excluding hydrogens is 576 g/mol. The number of fused-ring (bicyclic) bond motifs is 1. The average molecular weight is 609 g/mol. The first kappa shape index (κ1) is 30.9. The van der Waals surface area contributed by atoms with Gasteiger partial charge in [-0.05, 0) is 25.1 Å². The summed E-state index contributed by atoms with van der Waals surface area (Å²) in [4.78, 5) is 12.8. The van der Waals surface area contributed by atoms with Crippen molar-refractivity contribution in [1.29, 1.82) is 0 Å². The molecule has 0 bridgehead atoms. The summed E-state index contributed by atoms with van der Waals surface area (Å²) in [5, 5.41) is 82.0. The summed E-state index contributed by atoms with van der Waals surface area (Å²) in [5.41, 5.74) is -0.381. The van der Waals surface area contributed by atoms with Gasteiger partial charge in [0.25, 0.3) is 0 Å². The monoisotopic (exact) mass is 608 g/mol. The van der Waals surface area contributed by atoms with Gasteiger partial charge in [0.05, 0.1) is 19.8 Å². The molecule has 2 aliphatic rings. The highest BCUT2D eigenvalue weighted by molar-refractivity contribution is 5.86. The van der Waals surface area contributed by atoms with E-state index < -0.39 is 79.2 Å². The van der Waals surface area contributed by atoms with E-state index in [1.165, 1.54) is 32.2 Å². The number of rotatable bonds is 7. The molecule has 3 aromatic rings. The highest BCUT2D eigenvalue weighted by Gasteiger charge is 2.47. The van der Waals surface area contributed by atoms with Crippen molar-refractivity contribution in [3.63, 3.8) is 0 Å². The van der Waals surface area contributed by atoms with Gasteiger partial charge in [0.1, 0.15) is 71.0 Å². The van der Waals surface area contributed by atoms with Crippen molar-refractivity contribution >= 4 is 11.0 Å². The summed E-state index contributed by atoms with van der Waals surface area (Å²) in [7, 11) is 1.38. The Labute approximate surface area is 243 Å². The maximum Gasteiger partial charge on any atom is 0.229 e. The summed E-state index contributed by atoms with van der Waals surface area (Å²) in [6.07, 6.45) is -15.0. The second-order valence-corrected chi connectivity index (χ2v) is 10.3. The molecule has 0 aliphatic carbocycles. The van der Waals surface area contributed by atoms with E-state index in [0.29, 0.717) is 5.56 Å². The van der Waals surface area contributed by atoms with Crippen LogP contribution in [0.5, 0.6) is 23.0 Å². The molecule has 2 saturated heterocycles. The first-order chi connectivity index (χ1) is 20.4. The van der Waals surface area contributed by atoms with Gasteiger partial charge in [-0.3, -0.25) is 4.79 Å². The zero-order valence-electron chi connectivity index (χ0n) is 22.9. The Hall–Kier alpha value is -3.51. The Bertz CT molecular complexity index is 1510. The van der Waals surface area contributed by atoms with Gasteiger partial charge in [-0.2, -0.15) is 0 Å². The van der Waals surface area contributed by atoms with Crippen molar-refractivity contribution in [2.75, 3.05) is 13.7 Å². The van der Waals surface area contributed by atoms with Crippen LogP contribution in [0.2, 0.25) is 0 Å². The third kappa shape index (κ3) is 5.99. The molecule has 15 heteroatoms. The van der Waals surface area contributed by atoms with Gasteiger partial charge < -0.3 is 69.0 Å². The number of phenolic OH excluding ortho intramolecular Hbond substituents is 2. The van der Waals surface area contributed by atoms with Crippen LogP contribution in [-0.4, -0.2) is 116 Å². The van der Waals surface area contributed by atoms with Crippen LogP contribution >= 0.6 is 0 Å². The predicted molar refractivity (Wildman–Crippen MR) is 143 cm³/mol. The molecule has 5 rings (SSSR count). The number of aliphatic hydroxyl groups excluding tert-OH is 6. The van der Waals surface area contributed by atoms with E-state index in [4.69, 9.17) is 28.1 Å².